The third-order valence-electron chi connectivity index (χ3n) is 6.19. The molecule has 2 unspecified atom stereocenters. The van der Waals surface area contributed by atoms with Crippen molar-refractivity contribution in [1.82, 2.24) is 0 Å². The molecule has 0 radical (unpaired) electrons. The first-order chi connectivity index (χ1) is 13.2. The van der Waals surface area contributed by atoms with E-state index in [1.165, 1.54) is 0 Å². The molecule has 1 amide bonds. The predicted octanol–water partition coefficient (Wildman–Crippen LogP) is 3.79. The Kier molecular flexibility index (Phi) is 4.56. The molecule has 9 heteroatoms. The van der Waals surface area contributed by atoms with Gasteiger partial charge < -0.3 is 10.1 Å². The fraction of sp³-hybridized carbons (Fsp3) is 0.579. The largest absolute Gasteiger partial charge is 0.455 e. The summed E-state index contributed by atoms with van der Waals surface area (Å²) in [5.41, 5.74) is -1.32. The third kappa shape index (κ3) is 3.45. The molecule has 7 nitrogen and oxygen atoms in total. The minimum atomic E-state index is -0.810. The number of anilines is 1. The molecule has 0 saturated heterocycles. The van der Waals surface area contributed by atoms with Gasteiger partial charge in [-0.1, -0.05) is 0 Å². The first kappa shape index (κ1) is 19.1. The van der Waals surface area contributed by atoms with Gasteiger partial charge in [-0.2, -0.15) is 0 Å². The number of nitrogens with zero attached hydrogens (tertiary/aromatic N) is 1. The summed E-state index contributed by atoms with van der Waals surface area (Å²) in [5, 5.41) is 13.0. The van der Waals surface area contributed by atoms with Gasteiger partial charge in [-0.05, 0) is 56.4 Å². The third-order valence-corrected chi connectivity index (χ3v) is 6.63. The average Bonchev–Trinajstić information content (AvgIpc) is 2.59. The molecule has 1 aromatic carbocycles. The molecule has 4 saturated carbocycles. The summed E-state index contributed by atoms with van der Waals surface area (Å²) in [5.74, 6) is -1.16. The molecule has 4 aliphatic carbocycles. The Hall–Kier alpha value is -2.22. The number of benzene rings is 1. The summed E-state index contributed by atoms with van der Waals surface area (Å²) >= 11 is 6.71. The lowest BCUT2D eigenvalue weighted by atomic mass is 9.49. The summed E-state index contributed by atoms with van der Waals surface area (Å²) in [6, 6.07) is 2.82. The number of nitro benzene ring substituents is 1. The highest BCUT2D eigenvalue weighted by molar-refractivity contribution is 6.24. The van der Waals surface area contributed by atoms with Gasteiger partial charge in [0.1, 0.15) is 5.82 Å². The maximum Gasteiger partial charge on any atom is 0.312 e. The maximum absolute atomic E-state index is 13.8. The summed E-state index contributed by atoms with van der Waals surface area (Å²) < 4.78 is 19.0. The second-order valence-corrected chi connectivity index (χ2v) is 9.24. The van der Waals surface area contributed by atoms with E-state index >= 15 is 0 Å². The van der Waals surface area contributed by atoms with E-state index in [2.05, 4.69) is 5.32 Å². The minimum Gasteiger partial charge on any atom is -0.455 e. The van der Waals surface area contributed by atoms with Crippen LogP contribution < -0.4 is 5.32 Å². The number of rotatable bonds is 5. The van der Waals surface area contributed by atoms with Crippen molar-refractivity contribution in [2.24, 2.45) is 17.3 Å². The molecule has 150 valence electrons. The summed E-state index contributed by atoms with van der Waals surface area (Å²) in [6.45, 7) is -0.576. The lowest BCUT2D eigenvalue weighted by Crippen LogP contribution is -2.56. The monoisotopic (exact) mass is 410 g/mol. The fourth-order valence-corrected chi connectivity index (χ4v) is 6.27. The van der Waals surface area contributed by atoms with Crippen molar-refractivity contribution in [2.45, 2.75) is 43.4 Å². The highest BCUT2D eigenvalue weighted by Gasteiger charge is 2.60. The number of carbonyl (C=O) groups is 2. The number of amides is 1. The predicted molar refractivity (Wildman–Crippen MR) is 98.3 cm³/mol. The van der Waals surface area contributed by atoms with Crippen molar-refractivity contribution in [3.63, 3.8) is 0 Å². The van der Waals surface area contributed by atoms with Crippen LogP contribution in [-0.4, -0.2) is 28.3 Å². The van der Waals surface area contributed by atoms with E-state index in [-0.39, 0.29) is 16.2 Å². The highest BCUT2D eigenvalue weighted by Crippen LogP contribution is 2.64. The van der Waals surface area contributed by atoms with Crippen molar-refractivity contribution < 1.29 is 23.6 Å². The normalized spacial score (nSPS) is 32.8. The number of alkyl halides is 1. The Morgan fingerprint density at radius 3 is 2.57 bits per heavy atom. The van der Waals surface area contributed by atoms with Crippen molar-refractivity contribution in [2.75, 3.05) is 11.9 Å². The van der Waals surface area contributed by atoms with Gasteiger partial charge in [0.25, 0.3) is 11.6 Å². The van der Waals surface area contributed by atoms with E-state index in [4.69, 9.17) is 16.3 Å². The molecule has 28 heavy (non-hydrogen) atoms. The molecule has 0 aliphatic heterocycles. The molecule has 1 N–H and O–H groups in total. The second-order valence-electron chi connectivity index (χ2n) is 8.44. The molecule has 4 aliphatic rings. The fourth-order valence-electron chi connectivity index (χ4n) is 5.58. The van der Waals surface area contributed by atoms with Crippen LogP contribution in [0.3, 0.4) is 0 Å². The summed E-state index contributed by atoms with van der Waals surface area (Å²) in [6.07, 6.45) is 4.97. The highest BCUT2D eigenvalue weighted by atomic mass is 35.5. The van der Waals surface area contributed by atoms with Crippen LogP contribution in [0.2, 0.25) is 0 Å². The first-order valence-corrected chi connectivity index (χ1v) is 9.66. The van der Waals surface area contributed by atoms with E-state index in [1.54, 1.807) is 0 Å². The van der Waals surface area contributed by atoms with E-state index in [1.807, 2.05) is 0 Å². The number of non-ortho nitro benzene ring substituents is 1. The van der Waals surface area contributed by atoms with Crippen LogP contribution in [0.1, 0.15) is 38.5 Å². The van der Waals surface area contributed by atoms with Crippen molar-refractivity contribution in [3.05, 3.63) is 34.1 Å². The molecular formula is C19H20ClFN2O5. The summed E-state index contributed by atoms with van der Waals surface area (Å²) in [7, 11) is 0. The maximum atomic E-state index is 13.8. The Morgan fingerprint density at radius 2 is 1.96 bits per heavy atom. The number of carbonyl (C=O) groups excluding carboxylic acids is 2. The van der Waals surface area contributed by atoms with Crippen LogP contribution >= 0.6 is 11.6 Å². The van der Waals surface area contributed by atoms with Crippen LogP contribution in [0.25, 0.3) is 0 Å². The number of esters is 1. The molecule has 0 heterocycles. The molecule has 5 rings (SSSR count). The van der Waals surface area contributed by atoms with E-state index < -0.39 is 34.6 Å². The van der Waals surface area contributed by atoms with E-state index in [9.17, 15) is 24.1 Å². The number of ether oxygens (including phenoxy) is 1. The Balaban J connectivity index is 1.38. The Morgan fingerprint density at radius 1 is 1.29 bits per heavy atom. The van der Waals surface area contributed by atoms with Gasteiger partial charge in [0, 0.05) is 17.0 Å². The van der Waals surface area contributed by atoms with E-state index in [0.717, 1.165) is 50.3 Å². The van der Waals surface area contributed by atoms with Gasteiger partial charge in [0.2, 0.25) is 0 Å². The molecule has 0 spiro atoms. The molecular weight excluding hydrogens is 391 g/mol. The molecule has 1 aromatic rings. The van der Waals surface area contributed by atoms with Gasteiger partial charge >= 0.3 is 5.97 Å². The lowest BCUT2D eigenvalue weighted by Gasteiger charge is -2.58. The topological polar surface area (TPSA) is 98.5 Å². The summed E-state index contributed by atoms with van der Waals surface area (Å²) in [4.78, 5) is 34.6. The van der Waals surface area contributed by atoms with Crippen molar-refractivity contribution in [1.29, 1.82) is 0 Å². The molecule has 0 aromatic heterocycles. The Labute approximate surface area is 165 Å². The molecule has 4 atom stereocenters. The second kappa shape index (κ2) is 6.69. The number of halogens is 2. The van der Waals surface area contributed by atoms with Crippen LogP contribution in [0.15, 0.2) is 18.2 Å². The average molecular weight is 411 g/mol. The van der Waals surface area contributed by atoms with Gasteiger partial charge in [-0.3, -0.25) is 19.7 Å². The smallest absolute Gasteiger partial charge is 0.312 e. The van der Waals surface area contributed by atoms with Crippen LogP contribution in [0, 0.1) is 33.2 Å². The van der Waals surface area contributed by atoms with Gasteiger partial charge in [-0.25, -0.2) is 4.39 Å². The molecule has 4 fully saturated rings. The molecule has 4 bridgehead atoms. The lowest BCUT2D eigenvalue weighted by molar-refractivity contribution is -0.384. The quantitative estimate of drug-likeness (QED) is 0.344. The van der Waals surface area contributed by atoms with Crippen LogP contribution in [0.5, 0.6) is 0 Å². The van der Waals surface area contributed by atoms with Crippen molar-refractivity contribution in [3.8, 4) is 0 Å². The number of nitro groups is 1. The van der Waals surface area contributed by atoms with Gasteiger partial charge in [0.05, 0.1) is 16.0 Å². The van der Waals surface area contributed by atoms with Crippen molar-refractivity contribution >= 4 is 34.9 Å². The SMILES string of the molecule is O=C(COC(=O)C12C[C@@H]3C[C@@H](CC(Cl)(C3)C1)C2)Nc1cc([N+](=O)[O-])ccc1F. The number of hydrogen-bond acceptors (Lipinski definition) is 5. The minimum absolute atomic E-state index is 0.329. The number of nitrogens with one attached hydrogen (secondary N) is 1. The zero-order valence-corrected chi connectivity index (χ0v) is 15.8. The Bertz CT molecular complexity index is 847. The zero-order valence-electron chi connectivity index (χ0n) is 15.1. The number of hydrogen-bond donors (Lipinski definition) is 1. The van der Waals surface area contributed by atoms with E-state index in [0.29, 0.717) is 18.3 Å². The zero-order chi connectivity index (χ0) is 20.1. The first-order valence-electron chi connectivity index (χ1n) is 9.28. The van der Waals surface area contributed by atoms with Gasteiger partial charge in [-0.15, -0.1) is 11.6 Å². The van der Waals surface area contributed by atoms with Crippen LogP contribution in [-0.2, 0) is 14.3 Å². The standard InChI is InChI=1S/C19H20ClFN2O5/c20-19-7-11-3-12(8-19)6-18(5-11,10-19)17(25)28-9-16(24)22-15-4-13(23(26)27)1-2-14(15)21/h1-2,4,11-12H,3,5-10H2,(H,22,24)/t11-,12+,18?,19?. The van der Waals surface area contributed by atoms with Gasteiger partial charge in [0.15, 0.2) is 6.61 Å². The van der Waals surface area contributed by atoms with Crippen LogP contribution in [0.4, 0.5) is 15.8 Å².